The number of methoxy groups -OCH3 is 1. The molecule has 0 N–H and O–H groups in total. The molecule has 9 aromatic rings. The smallest absolute Gasteiger partial charge is 0.343 e. The van der Waals surface area contributed by atoms with Gasteiger partial charge in [0.2, 0.25) is 0 Å². The van der Waals surface area contributed by atoms with Gasteiger partial charge in [-0.15, -0.1) is 0 Å². The zero-order chi connectivity index (χ0) is 58.9. The van der Waals surface area contributed by atoms with Gasteiger partial charge < -0.3 is 23.8 Å². The van der Waals surface area contributed by atoms with Crippen LogP contribution in [0.3, 0.4) is 0 Å². The fourth-order valence-electron chi connectivity index (χ4n) is 14.4. The minimum absolute atomic E-state index is 0.415. The number of nitrogens with zero attached hydrogens (tertiary/aromatic N) is 1. The van der Waals surface area contributed by atoms with Gasteiger partial charge in [-0.2, -0.15) is 0 Å². The Morgan fingerprint density at radius 1 is 0.616 bits per heavy atom. The molecular weight excluding hydrogens is 1060 g/mol. The van der Waals surface area contributed by atoms with Gasteiger partial charge in [-0.1, -0.05) is 172 Å². The molecule has 7 nitrogen and oxygen atoms in total. The van der Waals surface area contributed by atoms with Crippen molar-refractivity contribution in [1.82, 2.24) is 0 Å². The van der Waals surface area contributed by atoms with E-state index in [2.05, 4.69) is 141 Å². The zero-order valence-corrected chi connectivity index (χ0v) is 50.4. The number of hydrogen-bond donors (Lipinski definition) is 0. The summed E-state index contributed by atoms with van der Waals surface area (Å²) in [5.41, 5.74) is 15.2. The maximum atomic E-state index is 14.3. The number of carbonyl (C=O) groups is 2. The lowest BCUT2D eigenvalue weighted by atomic mass is 9.77. The Morgan fingerprint density at radius 3 is 1.83 bits per heavy atom. The van der Waals surface area contributed by atoms with Crippen molar-refractivity contribution in [1.29, 1.82) is 0 Å². The third-order valence-electron chi connectivity index (χ3n) is 19.3. The molecule has 0 bridgehead atoms. The summed E-state index contributed by atoms with van der Waals surface area (Å²) in [5, 5.41) is 1.84. The predicted molar refractivity (Wildman–Crippen MR) is 349 cm³/mol. The van der Waals surface area contributed by atoms with Crippen molar-refractivity contribution in [3.63, 3.8) is 0 Å². The van der Waals surface area contributed by atoms with Crippen molar-refractivity contribution in [3.8, 4) is 50.6 Å². The molecule has 86 heavy (non-hydrogen) atoms. The Morgan fingerprint density at radius 2 is 1.21 bits per heavy atom. The Hall–Kier alpha value is -8.52. The van der Waals surface area contributed by atoms with Crippen LogP contribution < -0.4 is 19.1 Å². The number of ether oxygens (including phenoxy) is 4. The van der Waals surface area contributed by atoms with Crippen LogP contribution in [0, 0.1) is 19.8 Å². The molecule has 4 aliphatic rings. The van der Waals surface area contributed by atoms with Gasteiger partial charge in [-0.25, -0.2) is 9.59 Å². The molecule has 2 unspecified atom stereocenters. The van der Waals surface area contributed by atoms with Crippen molar-refractivity contribution in [2.24, 2.45) is 5.92 Å². The van der Waals surface area contributed by atoms with Gasteiger partial charge in [-0.05, 0) is 199 Å². The summed E-state index contributed by atoms with van der Waals surface area (Å²) in [6.45, 7) is 10.7. The maximum absolute atomic E-state index is 14.3. The van der Waals surface area contributed by atoms with E-state index in [9.17, 15) is 9.59 Å². The number of aryl methyl sites for hydroxylation is 2. The normalized spacial score (nSPS) is 19.5. The molecule has 0 amide bonds. The van der Waals surface area contributed by atoms with Crippen LogP contribution >= 0.6 is 0 Å². The van der Waals surface area contributed by atoms with E-state index in [0.717, 1.165) is 102 Å². The van der Waals surface area contributed by atoms with E-state index in [0.29, 0.717) is 35.0 Å². The van der Waals surface area contributed by atoms with Crippen LogP contribution in [0.2, 0.25) is 0 Å². The molecule has 0 spiro atoms. The van der Waals surface area contributed by atoms with Crippen molar-refractivity contribution in [3.05, 3.63) is 244 Å². The molecule has 434 valence electrons. The lowest BCUT2D eigenvalue weighted by molar-refractivity contribution is 0.0219. The summed E-state index contributed by atoms with van der Waals surface area (Å²) < 4.78 is 26.7. The number of benzene rings is 9. The Labute approximate surface area is 507 Å². The second-order valence-corrected chi connectivity index (χ2v) is 24.5. The Bertz CT molecular complexity index is 3960. The first-order chi connectivity index (χ1) is 42.1. The molecule has 2 aliphatic carbocycles. The van der Waals surface area contributed by atoms with Gasteiger partial charge in [-0.3, -0.25) is 0 Å². The first kappa shape index (κ1) is 56.6. The topological polar surface area (TPSA) is 74.3 Å². The zero-order valence-electron chi connectivity index (χ0n) is 50.4. The molecule has 1 saturated heterocycles. The first-order valence-electron chi connectivity index (χ1n) is 31.5. The van der Waals surface area contributed by atoms with E-state index < -0.39 is 23.1 Å². The number of carbonyl (C=O) groups excluding carboxylic acids is 2. The van der Waals surface area contributed by atoms with E-state index in [1.807, 2.05) is 61.5 Å². The highest BCUT2D eigenvalue weighted by Crippen LogP contribution is 2.60. The number of piperidine rings is 1. The number of fused-ring (bicyclic) bond motifs is 8. The number of anilines is 1. The van der Waals surface area contributed by atoms with E-state index in [-0.39, 0.29) is 0 Å². The van der Waals surface area contributed by atoms with Gasteiger partial charge in [0.25, 0.3) is 0 Å². The first-order valence-corrected chi connectivity index (χ1v) is 31.5. The standard InChI is InChI=1S/C79H77NO6/c1-6-8-10-15-54-20-22-55(23-21-54)56-24-26-57(27-25-56)58-28-32-61(33-29-58)76(81)84-66-44-36-60(37-45-66)59-30-34-62(35-31-59)77(82)85-72-51-69-70(50-53(72)4)75-68(74-73(69)67-16-11-12-17-71(67)78(74,7-2)83-5)46-47-79(86-75,63-38-18-52(3)19-39-63)64-40-42-65(43-41-64)80-48-13-9-14-49-80/h11-12,16-19,24-47,50-51,54-55H,6-10,13-15,20-23,48-49H2,1-5H3. The van der Waals surface area contributed by atoms with Crippen molar-refractivity contribution >= 4 is 34.5 Å². The van der Waals surface area contributed by atoms with Gasteiger partial charge in [0.05, 0.1) is 11.1 Å². The molecular formula is C79H77NO6. The summed E-state index contributed by atoms with van der Waals surface area (Å²) >= 11 is 0. The molecule has 0 aromatic heterocycles. The Balaban J connectivity index is 0.730. The SMILES string of the molecule is CCCCCC1CCC(c2ccc(-c3ccc(C(=O)Oc4ccc(-c5ccc(C(=O)Oc6cc7c8c(c9c(c7cc6C)OC(c6ccc(C)cc6)(c6ccc(N7CCCCC7)cc6)C=C9)C(CC)(OC)c6ccccc6-8)cc5)cc4)cc3)cc2)CC1. The molecule has 2 aliphatic heterocycles. The number of rotatable bonds is 16. The van der Waals surface area contributed by atoms with Gasteiger partial charge in [0.1, 0.15) is 22.8 Å². The molecule has 1 saturated carbocycles. The van der Waals surface area contributed by atoms with Crippen LogP contribution in [-0.4, -0.2) is 32.1 Å². The molecule has 9 aromatic carbocycles. The van der Waals surface area contributed by atoms with Crippen molar-refractivity contribution in [2.75, 3.05) is 25.1 Å². The number of hydrogen-bond acceptors (Lipinski definition) is 7. The summed E-state index contributed by atoms with van der Waals surface area (Å²) in [6.07, 6.45) is 19.6. The largest absolute Gasteiger partial charge is 0.472 e. The average Bonchev–Trinajstić information content (AvgIpc) is 1.57. The summed E-state index contributed by atoms with van der Waals surface area (Å²) in [6, 6.07) is 61.9. The molecule has 0 radical (unpaired) electrons. The minimum Gasteiger partial charge on any atom is -0.472 e. The monoisotopic (exact) mass is 1140 g/mol. The third kappa shape index (κ3) is 10.6. The van der Waals surface area contributed by atoms with E-state index in [1.165, 1.54) is 87.4 Å². The van der Waals surface area contributed by atoms with E-state index in [4.69, 9.17) is 18.9 Å². The highest BCUT2D eigenvalue weighted by atomic mass is 16.5. The van der Waals surface area contributed by atoms with Crippen molar-refractivity contribution in [2.45, 2.75) is 122 Å². The quantitative estimate of drug-likeness (QED) is 0.0542. The van der Waals surface area contributed by atoms with E-state index >= 15 is 0 Å². The highest BCUT2D eigenvalue weighted by Gasteiger charge is 2.48. The number of esters is 2. The lowest BCUT2D eigenvalue weighted by Gasteiger charge is -2.39. The van der Waals surface area contributed by atoms with Gasteiger partial charge in [0, 0.05) is 53.5 Å². The van der Waals surface area contributed by atoms with Crippen LogP contribution in [0.15, 0.2) is 188 Å². The number of unbranched alkanes of at least 4 members (excludes halogenated alkanes) is 2. The Kier molecular flexibility index (Phi) is 15.9. The fraction of sp³-hybridized carbons (Fsp3) is 0.291. The lowest BCUT2D eigenvalue weighted by Crippen LogP contribution is -2.36. The molecule has 7 heteroatoms. The average molecular weight is 1140 g/mol. The highest BCUT2D eigenvalue weighted by molar-refractivity contribution is 6.09. The second-order valence-electron chi connectivity index (χ2n) is 24.5. The molecule has 2 heterocycles. The fourth-order valence-corrected chi connectivity index (χ4v) is 14.4. The molecule has 13 rings (SSSR count). The molecule has 2 atom stereocenters. The molecule has 2 fully saturated rings. The summed E-state index contributed by atoms with van der Waals surface area (Å²) in [5.74, 6) is 2.35. The summed E-state index contributed by atoms with van der Waals surface area (Å²) in [7, 11) is 1.80. The van der Waals surface area contributed by atoms with Crippen LogP contribution in [0.4, 0.5) is 5.69 Å². The van der Waals surface area contributed by atoms with Gasteiger partial charge in [0.15, 0.2) is 5.60 Å². The second kappa shape index (κ2) is 24.1. The third-order valence-corrected chi connectivity index (χ3v) is 19.3. The van der Waals surface area contributed by atoms with Crippen LogP contribution in [0.25, 0.3) is 50.2 Å². The van der Waals surface area contributed by atoms with Crippen LogP contribution in [0.1, 0.15) is 162 Å². The maximum Gasteiger partial charge on any atom is 0.343 e. The summed E-state index contributed by atoms with van der Waals surface area (Å²) in [4.78, 5) is 30.1. The van der Waals surface area contributed by atoms with Crippen LogP contribution in [-0.2, 0) is 15.9 Å². The predicted octanol–water partition coefficient (Wildman–Crippen LogP) is 19.7. The minimum atomic E-state index is -0.954. The van der Waals surface area contributed by atoms with Crippen molar-refractivity contribution < 1.29 is 28.5 Å². The van der Waals surface area contributed by atoms with E-state index in [1.54, 1.807) is 31.4 Å². The van der Waals surface area contributed by atoms with Gasteiger partial charge >= 0.3 is 11.9 Å². The van der Waals surface area contributed by atoms with Crippen LogP contribution in [0.5, 0.6) is 17.2 Å².